The number of hydrogen-bond acceptors (Lipinski definition) is 4. The van der Waals surface area contributed by atoms with Crippen LogP contribution in [-0.4, -0.2) is 13.0 Å². The van der Waals surface area contributed by atoms with E-state index in [-0.39, 0.29) is 57.1 Å². The predicted molar refractivity (Wildman–Crippen MR) is 43.8 cm³/mol. The van der Waals surface area contributed by atoms with E-state index >= 15 is 0 Å². The second-order valence-electron chi connectivity index (χ2n) is 2.14. The van der Waals surface area contributed by atoms with Gasteiger partial charge in [-0.3, -0.25) is 0 Å². The topological polar surface area (TPSA) is 83.2 Å². The van der Waals surface area contributed by atoms with Crippen molar-refractivity contribution in [1.82, 2.24) is 0 Å². The van der Waals surface area contributed by atoms with E-state index in [2.05, 4.69) is 0 Å². The minimum absolute atomic E-state index is 0. The SMILES string of the molecule is Nc1cc(Cl)ccc1S(=O)(=O)[O-].[K+]. The molecule has 0 bridgehead atoms. The summed E-state index contributed by atoms with van der Waals surface area (Å²) in [5, 5.41) is 0.292. The Labute approximate surface area is 124 Å². The van der Waals surface area contributed by atoms with Crippen LogP contribution in [0.15, 0.2) is 23.1 Å². The van der Waals surface area contributed by atoms with E-state index in [9.17, 15) is 13.0 Å². The summed E-state index contributed by atoms with van der Waals surface area (Å²) < 4.78 is 31.5. The van der Waals surface area contributed by atoms with Crippen molar-refractivity contribution >= 4 is 27.4 Å². The molecule has 0 aliphatic rings. The van der Waals surface area contributed by atoms with Crippen LogP contribution >= 0.6 is 11.6 Å². The first kappa shape index (κ1) is 13.9. The summed E-state index contributed by atoms with van der Waals surface area (Å²) in [7, 11) is -4.48. The largest absolute Gasteiger partial charge is 1.00 e. The fraction of sp³-hybridized carbons (Fsp3) is 0. The third-order valence-corrected chi connectivity index (χ3v) is 2.39. The van der Waals surface area contributed by atoms with Crippen molar-refractivity contribution in [3.8, 4) is 0 Å². The molecule has 0 unspecified atom stereocenters. The summed E-state index contributed by atoms with van der Waals surface area (Å²) in [6.45, 7) is 0. The summed E-state index contributed by atoms with van der Waals surface area (Å²) in [6, 6.07) is 3.59. The van der Waals surface area contributed by atoms with Gasteiger partial charge in [-0.15, -0.1) is 0 Å². The normalized spacial score (nSPS) is 10.6. The molecule has 0 saturated heterocycles. The molecule has 0 heterocycles. The van der Waals surface area contributed by atoms with Crippen LogP contribution in [0, 0.1) is 0 Å². The summed E-state index contributed by atoms with van der Waals surface area (Å²) in [5.41, 5.74) is 5.12. The van der Waals surface area contributed by atoms with E-state index in [1.165, 1.54) is 12.1 Å². The molecule has 7 heteroatoms. The Hall–Kier alpha value is 0.856. The van der Waals surface area contributed by atoms with Crippen LogP contribution in [0.4, 0.5) is 5.69 Å². The van der Waals surface area contributed by atoms with E-state index in [1.54, 1.807) is 0 Å². The number of anilines is 1. The molecule has 13 heavy (non-hydrogen) atoms. The maximum atomic E-state index is 10.5. The van der Waals surface area contributed by atoms with Crippen LogP contribution in [0.3, 0.4) is 0 Å². The van der Waals surface area contributed by atoms with Crippen LogP contribution in [-0.2, 0) is 10.1 Å². The van der Waals surface area contributed by atoms with E-state index in [0.29, 0.717) is 5.02 Å². The third-order valence-electron chi connectivity index (χ3n) is 1.24. The summed E-state index contributed by atoms with van der Waals surface area (Å²) in [4.78, 5) is -0.438. The molecule has 0 aliphatic heterocycles. The first-order valence-corrected chi connectivity index (χ1v) is 4.71. The van der Waals surface area contributed by atoms with Crippen molar-refractivity contribution in [1.29, 1.82) is 0 Å². The smallest absolute Gasteiger partial charge is 0.744 e. The van der Waals surface area contributed by atoms with E-state index in [4.69, 9.17) is 17.3 Å². The van der Waals surface area contributed by atoms with Gasteiger partial charge < -0.3 is 10.3 Å². The Morgan fingerprint density at radius 2 is 1.92 bits per heavy atom. The molecule has 1 aromatic carbocycles. The fourth-order valence-corrected chi connectivity index (χ4v) is 1.51. The van der Waals surface area contributed by atoms with Crippen molar-refractivity contribution in [2.75, 3.05) is 5.73 Å². The molecule has 66 valence electrons. The van der Waals surface area contributed by atoms with Gasteiger partial charge in [0.1, 0.15) is 10.1 Å². The standard InChI is InChI=1S/C6H6ClNO3S.K/c7-4-1-2-6(5(8)3-4)12(9,10)11;/h1-3H,8H2,(H,9,10,11);/q;+1/p-1. The summed E-state index contributed by atoms with van der Waals surface area (Å²) in [6.07, 6.45) is 0. The first-order chi connectivity index (χ1) is 5.41. The maximum Gasteiger partial charge on any atom is 1.00 e. The zero-order chi connectivity index (χ0) is 9.35. The maximum absolute atomic E-state index is 10.5. The van der Waals surface area contributed by atoms with Crippen molar-refractivity contribution in [3.63, 3.8) is 0 Å². The van der Waals surface area contributed by atoms with Gasteiger partial charge in [-0.05, 0) is 18.2 Å². The number of nitrogens with two attached hydrogens (primary N) is 1. The van der Waals surface area contributed by atoms with Gasteiger partial charge in [-0.1, -0.05) is 11.6 Å². The minimum Gasteiger partial charge on any atom is -0.744 e. The summed E-state index contributed by atoms with van der Waals surface area (Å²) >= 11 is 5.49. The Morgan fingerprint density at radius 3 is 2.31 bits per heavy atom. The zero-order valence-corrected chi connectivity index (χ0v) is 11.5. The first-order valence-electron chi connectivity index (χ1n) is 2.92. The Balaban J connectivity index is 0.00000144. The van der Waals surface area contributed by atoms with Gasteiger partial charge in [0.05, 0.1) is 10.6 Å². The average molecular weight is 246 g/mol. The van der Waals surface area contributed by atoms with Crippen LogP contribution in [0.2, 0.25) is 5.02 Å². The van der Waals surface area contributed by atoms with Crippen molar-refractivity contribution in [2.24, 2.45) is 0 Å². The van der Waals surface area contributed by atoms with Gasteiger partial charge in [0, 0.05) is 5.02 Å². The quantitative estimate of drug-likeness (QED) is 0.347. The molecule has 0 aliphatic carbocycles. The van der Waals surface area contributed by atoms with Crippen molar-refractivity contribution in [3.05, 3.63) is 23.2 Å². The second kappa shape index (κ2) is 5.08. The molecule has 0 fully saturated rings. The van der Waals surface area contributed by atoms with Crippen molar-refractivity contribution in [2.45, 2.75) is 4.90 Å². The van der Waals surface area contributed by atoms with Gasteiger partial charge in [0.15, 0.2) is 0 Å². The second-order valence-corrected chi connectivity index (χ2v) is 3.92. The Kier molecular flexibility index (Phi) is 5.42. The van der Waals surface area contributed by atoms with Crippen molar-refractivity contribution < 1.29 is 64.4 Å². The third kappa shape index (κ3) is 3.84. The number of nitrogen functional groups attached to an aromatic ring is 1. The van der Waals surface area contributed by atoms with Gasteiger partial charge >= 0.3 is 51.4 Å². The number of hydrogen-bond donors (Lipinski definition) is 1. The Bertz CT molecular complexity index is 406. The van der Waals surface area contributed by atoms with Crippen LogP contribution < -0.4 is 57.1 Å². The van der Waals surface area contributed by atoms with Gasteiger partial charge in [-0.2, -0.15) is 0 Å². The van der Waals surface area contributed by atoms with E-state index < -0.39 is 15.0 Å². The molecule has 1 rings (SSSR count). The molecule has 0 spiro atoms. The van der Waals surface area contributed by atoms with Crippen LogP contribution in [0.5, 0.6) is 0 Å². The number of halogens is 1. The molecule has 0 amide bonds. The number of benzene rings is 1. The molecule has 0 atom stereocenters. The molecule has 0 aromatic heterocycles. The molecule has 0 radical (unpaired) electrons. The molecular formula is C6H5ClKNO3S. The monoisotopic (exact) mass is 245 g/mol. The van der Waals surface area contributed by atoms with Crippen LogP contribution in [0.1, 0.15) is 0 Å². The van der Waals surface area contributed by atoms with E-state index in [1.807, 2.05) is 0 Å². The molecule has 2 N–H and O–H groups in total. The van der Waals surface area contributed by atoms with Gasteiger partial charge in [-0.25, -0.2) is 8.42 Å². The molecule has 4 nitrogen and oxygen atoms in total. The fourth-order valence-electron chi connectivity index (χ4n) is 0.747. The molecule has 1 aromatic rings. The van der Waals surface area contributed by atoms with Gasteiger partial charge in [0.25, 0.3) is 0 Å². The van der Waals surface area contributed by atoms with E-state index in [0.717, 1.165) is 6.07 Å². The summed E-state index contributed by atoms with van der Waals surface area (Å²) in [5.74, 6) is 0. The Morgan fingerprint density at radius 1 is 1.38 bits per heavy atom. The molecule has 0 saturated carbocycles. The molecular weight excluding hydrogens is 241 g/mol. The predicted octanol–water partition coefficient (Wildman–Crippen LogP) is -2.17. The minimum atomic E-state index is -4.48. The van der Waals surface area contributed by atoms with Crippen LogP contribution in [0.25, 0.3) is 0 Å². The van der Waals surface area contributed by atoms with Gasteiger partial charge in [0.2, 0.25) is 0 Å². The zero-order valence-electron chi connectivity index (χ0n) is 6.82. The average Bonchev–Trinajstić information content (AvgIpc) is 1.83. The number of rotatable bonds is 1.